The molecule has 0 fully saturated rings. The van der Waals surface area contributed by atoms with Gasteiger partial charge in [-0.2, -0.15) is 0 Å². The molecule has 1 aromatic carbocycles. The summed E-state index contributed by atoms with van der Waals surface area (Å²) < 4.78 is 0. The summed E-state index contributed by atoms with van der Waals surface area (Å²) in [5, 5.41) is 2.88. The van der Waals surface area contributed by atoms with Crippen molar-refractivity contribution in [3.8, 4) is 0 Å². The summed E-state index contributed by atoms with van der Waals surface area (Å²) in [6, 6.07) is 9.42. The smallest absolute Gasteiger partial charge is 0.259 e. The van der Waals surface area contributed by atoms with Gasteiger partial charge in [-0.1, -0.05) is 31.9 Å². The van der Waals surface area contributed by atoms with Crippen LogP contribution in [0.15, 0.2) is 42.7 Å². The zero-order valence-corrected chi connectivity index (χ0v) is 15.8. The largest absolute Gasteiger partial charge is 0.352 e. The number of nitrogens with one attached hydrogen (secondary N) is 1. The van der Waals surface area contributed by atoms with E-state index in [0.29, 0.717) is 24.2 Å². The molecule has 1 heterocycles. The minimum atomic E-state index is -0.193. The van der Waals surface area contributed by atoms with Gasteiger partial charge in [0.1, 0.15) is 0 Å². The second-order valence-corrected chi connectivity index (χ2v) is 6.31. The quantitative estimate of drug-likeness (QED) is 0.730. The van der Waals surface area contributed by atoms with Crippen molar-refractivity contribution in [2.75, 3.05) is 18.0 Å². The molecular formula is C21H27N3O2. The SMILES string of the molecule is CCCCCNC(=O)c1cncc(C(=O)N(CC)c2cccc(C)c2)c1. The maximum Gasteiger partial charge on any atom is 0.259 e. The van der Waals surface area contributed by atoms with Crippen molar-refractivity contribution in [1.82, 2.24) is 10.3 Å². The predicted octanol–water partition coefficient (Wildman–Crippen LogP) is 3.98. The Morgan fingerprint density at radius 2 is 1.85 bits per heavy atom. The van der Waals surface area contributed by atoms with Crippen LogP contribution in [0.25, 0.3) is 0 Å². The Kier molecular flexibility index (Phi) is 7.33. The summed E-state index contributed by atoms with van der Waals surface area (Å²) in [5.74, 6) is -0.354. The van der Waals surface area contributed by atoms with Gasteiger partial charge < -0.3 is 10.2 Å². The third-order valence-corrected chi connectivity index (χ3v) is 4.19. The van der Waals surface area contributed by atoms with Crippen LogP contribution in [0.2, 0.25) is 0 Å². The molecule has 0 aliphatic heterocycles. The minimum Gasteiger partial charge on any atom is -0.352 e. The summed E-state index contributed by atoms with van der Waals surface area (Å²) in [5.41, 5.74) is 2.75. The molecule has 26 heavy (non-hydrogen) atoms. The molecule has 5 nitrogen and oxygen atoms in total. The van der Waals surface area contributed by atoms with Gasteiger partial charge in [0, 0.05) is 31.2 Å². The maximum absolute atomic E-state index is 12.9. The molecule has 0 aliphatic rings. The van der Waals surface area contributed by atoms with E-state index in [4.69, 9.17) is 0 Å². The van der Waals surface area contributed by atoms with Crippen LogP contribution in [-0.2, 0) is 0 Å². The van der Waals surface area contributed by atoms with Gasteiger partial charge in [-0.25, -0.2) is 0 Å². The zero-order valence-electron chi connectivity index (χ0n) is 15.8. The van der Waals surface area contributed by atoms with Gasteiger partial charge in [0.2, 0.25) is 0 Å². The standard InChI is InChI=1S/C21H27N3O2/c1-4-6-7-11-23-20(25)17-13-18(15-22-14-17)21(26)24(5-2)19-10-8-9-16(3)12-19/h8-10,12-15H,4-7,11H2,1-3H3,(H,23,25). The normalized spacial score (nSPS) is 10.4. The monoisotopic (exact) mass is 353 g/mol. The molecule has 2 amide bonds. The molecule has 138 valence electrons. The summed E-state index contributed by atoms with van der Waals surface area (Å²) in [6.45, 7) is 7.21. The van der Waals surface area contributed by atoms with Gasteiger partial charge in [0.25, 0.3) is 11.8 Å². The average molecular weight is 353 g/mol. The van der Waals surface area contributed by atoms with Crippen molar-refractivity contribution in [3.05, 3.63) is 59.4 Å². The molecule has 2 rings (SSSR count). The number of rotatable bonds is 8. The Hall–Kier alpha value is -2.69. The van der Waals surface area contributed by atoms with Crippen molar-refractivity contribution in [3.63, 3.8) is 0 Å². The van der Waals surface area contributed by atoms with Gasteiger partial charge in [-0.05, 0) is 44.0 Å². The van der Waals surface area contributed by atoms with Gasteiger partial charge >= 0.3 is 0 Å². The van der Waals surface area contributed by atoms with Crippen LogP contribution in [0.3, 0.4) is 0 Å². The zero-order chi connectivity index (χ0) is 18.9. The number of hydrogen-bond acceptors (Lipinski definition) is 3. The Morgan fingerprint density at radius 3 is 2.54 bits per heavy atom. The molecule has 1 N–H and O–H groups in total. The number of pyridine rings is 1. The lowest BCUT2D eigenvalue weighted by Gasteiger charge is -2.21. The first-order valence-electron chi connectivity index (χ1n) is 9.18. The summed E-state index contributed by atoms with van der Waals surface area (Å²) in [6.07, 6.45) is 6.14. The van der Waals surface area contributed by atoms with Crippen LogP contribution in [0.4, 0.5) is 5.69 Å². The molecular weight excluding hydrogens is 326 g/mol. The third kappa shape index (κ3) is 5.15. The highest BCUT2D eigenvalue weighted by Gasteiger charge is 2.18. The number of aromatic nitrogens is 1. The third-order valence-electron chi connectivity index (χ3n) is 4.19. The van der Waals surface area contributed by atoms with Crippen molar-refractivity contribution >= 4 is 17.5 Å². The lowest BCUT2D eigenvalue weighted by Crippen LogP contribution is -2.31. The Labute approximate surface area is 155 Å². The molecule has 0 radical (unpaired) electrons. The molecule has 0 atom stereocenters. The summed E-state index contributed by atoms with van der Waals surface area (Å²) in [7, 11) is 0. The van der Waals surface area contributed by atoms with E-state index in [2.05, 4.69) is 17.2 Å². The lowest BCUT2D eigenvalue weighted by molar-refractivity contribution is 0.0952. The topological polar surface area (TPSA) is 62.3 Å². The second-order valence-electron chi connectivity index (χ2n) is 6.31. The number of amides is 2. The first-order chi connectivity index (χ1) is 12.6. The van der Waals surface area contributed by atoms with E-state index in [1.807, 2.05) is 38.1 Å². The number of unbranched alkanes of at least 4 members (excludes halogenated alkanes) is 2. The first-order valence-corrected chi connectivity index (χ1v) is 9.18. The molecule has 2 aromatic rings. The molecule has 5 heteroatoms. The number of aryl methyl sites for hydroxylation is 1. The van der Waals surface area contributed by atoms with Crippen LogP contribution in [0.1, 0.15) is 59.4 Å². The fourth-order valence-electron chi connectivity index (χ4n) is 2.76. The van der Waals surface area contributed by atoms with Crippen LogP contribution in [0, 0.1) is 6.92 Å². The van der Waals surface area contributed by atoms with E-state index >= 15 is 0 Å². The van der Waals surface area contributed by atoms with E-state index < -0.39 is 0 Å². The Balaban J connectivity index is 2.14. The van der Waals surface area contributed by atoms with Crippen molar-refractivity contribution in [1.29, 1.82) is 0 Å². The van der Waals surface area contributed by atoms with E-state index in [1.165, 1.54) is 12.4 Å². The maximum atomic E-state index is 12.9. The predicted molar refractivity (Wildman–Crippen MR) is 105 cm³/mol. The van der Waals surface area contributed by atoms with Crippen LogP contribution in [0.5, 0.6) is 0 Å². The molecule has 0 saturated carbocycles. The molecule has 1 aromatic heterocycles. The highest BCUT2D eigenvalue weighted by molar-refractivity contribution is 6.07. The van der Waals surface area contributed by atoms with Gasteiger partial charge in [-0.15, -0.1) is 0 Å². The second kappa shape index (κ2) is 9.70. The molecule has 0 spiro atoms. The highest BCUT2D eigenvalue weighted by Crippen LogP contribution is 2.18. The van der Waals surface area contributed by atoms with Crippen molar-refractivity contribution < 1.29 is 9.59 Å². The minimum absolute atomic E-state index is 0.161. The first kappa shape index (κ1) is 19.6. The summed E-state index contributed by atoms with van der Waals surface area (Å²) >= 11 is 0. The van der Waals surface area contributed by atoms with E-state index in [0.717, 1.165) is 30.5 Å². The molecule has 0 unspecified atom stereocenters. The van der Waals surface area contributed by atoms with Gasteiger partial charge in [-0.3, -0.25) is 14.6 Å². The van der Waals surface area contributed by atoms with Crippen molar-refractivity contribution in [2.45, 2.75) is 40.0 Å². The number of nitrogens with zero attached hydrogens (tertiary/aromatic N) is 2. The van der Waals surface area contributed by atoms with Crippen LogP contribution >= 0.6 is 0 Å². The number of hydrogen-bond donors (Lipinski definition) is 1. The van der Waals surface area contributed by atoms with E-state index in [-0.39, 0.29) is 11.8 Å². The van der Waals surface area contributed by atoms with E-state index in [1.54, 1.807) is 11.0 Å². The molecule has 0 aliphatic carbocycles. The number of benzene rings is 1. The van der Waals surface area contributed by atoms with Crippen molar-refractivity contribution in [2.24, 2.45) is 0 Å². The fraction of sp³-hybridized carbons (Fsp3) is 0.381. The number of anilines is 1. The fourth-order valence-corrected chi connectivity index (χ4v) is 2.76. The van der Waals surface area contributed by atoms with E-state index in [9.17, 15) is 9.59 Å². The van der Waals surface area contributed by atoms with Gasteiger partial charge in [0.05, 0.1) is 11.1 Å². The lowest BCUT2D eigenvalue weighted by atomic mass is 10.1. The Morgan fingerprint density at radius 1 is 1.08 bits per heavy atom. The van der Waals surface area contributed by atoms with Gasteiger partial charge in [0.15, 0.2) is 0 Å². The van der Waals surface area contributed by atoms with Crippen LogP contribution < -0.4 is 10.2 Å². The number of carbonyl (C=O) groups is 2. The summed E-state index contributed by atoms with van der Waals surface area (Å²) in [4.78, 5) is 31.0. The average Bonchev–Trinajstić information content (AvgIpc) is 2.66. The highest BCUT2D eigenvalue weighted by atomic mass is 16.2. The Bertz CT molecular complexity index is 758. The molecule has 0 saturated heterocycles. The number of carbonyl (C=O) groups excluding carboxylic acids is 2. The van der Waals surface area contributed by atoms with Crippen LogP contribution in [-0.4, -0.2) is 29.9 Å². The molecule has 0 bridgehead atoms.